The van der Waals surface area contributed by atoms with Gasteiger partial charge in [-0.3, -0.25) is 5.32 Å². The summed E-state index contributed by atoms with van der Waals surface area (Å²) in [6.45, 7) is 1.83. The van der Waals surface area contributed by atoms with Crippen LogP contribution in [0.25, 0.3) is 0 Å². The lowest BCUT2D eigenvalue weighted by Gasteiger charge is -2.13. The number of hydrogen-bond donors (Lipinski definition) is 2. The maximum atomic E-state index is 11.3. The molecular formula is C12H15NO6. The molecule has 7 nitrogen and oxygen atoms in total. The molecule has 0 fully saturated rings. The normalized spacial score (nSPS) is 9.63. The van der Waals surface area contributed by atoms with E-state index in [0.717, 1.165) is 0 Å². The van der Waals surface area contributed by atoms with Gasteiger partial charge in [-0.2, -0.15) is 0 Å². The number of anilines is 1. The largest absolute Gasteiger partial charge is 0.493 e. The Labute approximate surface area is 110 Å². The number of nitrogens with one attached hydrogen (secondary N) is 1. The summed E-state index contributed by atoms with van der Waals surface area (Å²) in [5, 5.41) is 11.4. The minimum atomic E-state index is -1.20. The van der Waals surface area contributed by atoms with Gasteiger partial charge in [0.25, 0.3) is 0 Å². The fraction of sp³-hybridized carbons (Fsp3) is 0.333. The first kappa shape index (κ1) is 14.6. The predicted molar refractivity (Wildman–Crippen MR) is 67.2 cm³/mol. The van der Waals surface area contributed by atoms with Gasteiger partial charge in [-0.25, -0.2) is 9.59 Å². The van der Waals surface area contributed by atoms with Crippen LogP contribution in [-0.2, 0) is 4.74 Å². The van der Waals surface area contributed by atoms with Crippen LogP contribution in [0.5, 0.6) is 11.5 Å². The number of carbonyl (C=O) groups is 2. The van der Waals surface area contributed by atoms with Crippen molar-refractivity contribution in [1.29, 1.82) is 0 Å². The zero-order valence-electron chi connectivity index (χ0n) is 10.9. The summed E-state index contributed by atoms with van der Waals surface area (Å²) in [5.74, 6) is -0.638. The molecule has 1 amide bonds. The van der Waals surface area contributed by atoms with Crippen molar-refractivity contribution in [2.45, 2.75) is 6.92 Å². The van der Waals surface area contributed by atoms with Crippen LogP contribution >= 0.6 is 0 Å². The molecule has 2 N–H and O–H groups in total. The first-order valence-electron chi connectivity index (χ1n) is 5.46. The van der Waals surface area contributed by atoms with E-state index in [2.05, 4.69) is 5.32 Å². The highest BCUT2D eigenvalue weighted by atomic mass is 16.5. The highest BCUT2D eigenvalue weighted by Crippen LogP contribution is 2.33. The molecule has 0 atom stereocenters. The van der Waals surface area contributed by atoms with Crippen molar-refractivity contribution in [2.24, 2.45) is 0 Å². The van der Waals surface area contributed by atoms with E-state index in [1.54, 1.807) is 6.92 Å². The molecule has 0 aliphatic carbocycles. The summed E-state index contributed by atoms with van der Waals surface area (Å²) in [4.78, 5) is 22.5. The molecule has 104 valence electrons. The summed E-state index contributed by atoms with van der Waals surface area (Å²) < 4.78 is 14.7. The average molecular weight is 269 g/mol. The van der Waals surface area contributed by atoms with Crippen molar-refractivity contribution >= 4 is 17.7 Å². The molecule has 0 aromatic heterocycles. The molecule has 1 aromatic rings. The van der Waals surface area contributed by atoms with E-state index >= 15 is 0 Å². The van der Waals surface area contributed by atoms with E-state index in [1.165, 1.54) is 26.4 Å². The topological polar surface area (TPSA) is 94.1 Å². The predicted octanol–water partition coefficient (Wildman–Crippen LogP) is 1.97. The third kappa shape index (κ3) is 3.51. The number of hydrogen-bond acceptors (Lipinski definition) is 5. The molecule has 0 aliphatic rings. The molecule has 1 rings (SSSR count). The maximum Gasteiger partial charge on any atom is 0.411 e. The summed E-state index contributed by atoms with van der Waals surface area (Å²) in [6, 6.07) is 2.63. The average Bonchev–Trinajstić information content (AvgIpc) is 2.38. The van der Waals surface area contributed by atoms with Gasteiger partial charge < -0.3 is 19.3 Å². The maximum absolute atomic E-state index is 11.3. The summed E-state index contributed by atoms with van der Waals surface area (Å²) in [6.07, 6.45) is -0.739. The molecule has 0 unspecified atom stereocenters. The number of ether oxygens (including phenoxy) is 3. The summed E-state index contributed by atoms with van der Waals surface area (Å²) in [5.41, 5.74) is -0.0469. The van der Waals surface area contributed by atoms with E-state index in [4.69, 9.17) is 19.3 Å². The van der Waals surface area contributed by atoms with Gasteiger partial charge in [0.2, 0.25) is 0 Å². The first-order chi connectivity index (χ1) is 9.03. The summed E-state index contributed by atoms with van der Waals surface area (Å²) >= 11 is 0. The minimum absolute atomic E-state index is 0.0728. The molecular weight excluding hydrogens is 254 g/mol. The Hall–Kier alpha value is -2.44. The van der Waals surface area contributed by atoms with Crippen LogP contribution in [0.4, 0.5) is 10.5 Å². The zero-order chi connectivity index (χ0) is 14.4. The van der Waals surface area contributed by atoms with E-state index in [1.807, 2.05) is 0 Å². The molecule has 1 aromatic carbocycles. The quantitative estimate of drug-likeness (QED) is 0.848. The van der Waals surface area contributed by atoms with Gasteiger partial charge >= 0.3 is 12.1 Å². The Morgan fingerprint density at radius 1 is 1.21 bits per heavy atom. The van der Waals surface area contributed by atoms with Crippen LogP contribution in [0, 0.1) is 0 Å². The van der Waals surface area contributed by atoms with Crippen LogP contribution in [-0.4, -0.2) is 38.0 Å². The van der Waals surface area contributed by atoms with Gasteiger partial charge in [-0.05, 0) is 6.92 Å². The van der Waals surface area contributed by atoms with Crippen molar-refractivity contribution in [2.75, 3.05) is 26.1 Å². The van der Waals surface area contributed by atoms with E-state index in [-0.39, 0.29) is 23.6 Å². The van der Waals surface area contributed by atoms with Crippen LogP contribution in [0.15, 0.2) is 12.1 Å². The SMILES string of the molecule is CCOC(=O)Nc1cc(OC)c(OC)cc1C(=O)O. The van der Waals surface area contributed by atoms with Gasteiger partial charge in [0.1, 0.15) is 0 Å². The number of benzene rings is 1. The molecule has 0 bridgehead atoms. The fourth-order valence-electron chi connectivity index (χ4n) is 1.44. The molecule has 0 saturated carbocycles. The van der Waals surface area contributed by atoms with E-state index < -0.39 is 12.1 Å². The Kier molecular flexibility index (Phi) is 4.99. The number of carboxylic acid groups (broad SMARTS) is 1. The second kappa shape index (κ2) is 6.48. The number of aromatic carboxylic acids is 1. The molecule has 0 saturated heterocycles. The smallest absolute Gasteiger partial charge is 0.411 e. The Morgan fingerprint density at radius 2 is 1.79 bits per heavy atom. The first-order valence-corrected chi connectivity index (χ1v) is 5.46. The van der Waals surface area contributed by atoms with Crippen LogP contribution in [0.1, 0.15) is 17.3 Å². The molecule has 0 aliphatic heterocycles. The molecule has 0 spiro atoms. The van der Waals surface area contributed by atoms with Gasteiger partial charge in [0, 0.05) is 12.1 Å². The number of amides is 1. The van der Waals surface area contributed by atoms with E-state index in [9.17, 15) is 9.59 Å². The van der Waals surface area contributed by atoms with Crippen molar-refractivity contribution in [3.8, 4) is 11.5 Å². The third-order valence-electron chi connectivity index (χ3n) is 2.27. The monoisotopic (exact) mass is 269 g/mol. The van der Waals surface area contributed by atoms with Gasteiger partial charge in [-0.1, -0.05) is 0 Å². The van der Waals surface area contributed by atoms with Crippen molar-refractivity contribution in [3.05, 3.63) is 17.7 Å². The van der Waals surface area contributed by atoms with Crippen molar-refractivity contribution in [3.63, 3.8) is 0 Å². The molecule has 19 heavy (non-hydrogen) atoms. The highest BCUT2D eigenvalue weighted by molar-refractivity contribution is 5.99. The Morgan fingerprint density at radius 3 is 2.26 bits per heavy atom. The van der Waals surface area contributed by atoms with Crippen LogP contribution in [0.2, 0.25) is 0 Å². The Bertz CT molecular complexity index is 485. The van der Waals surface area contributed by atoms with Crippen molar-refractivity contribution < 1.29 is 28.9 Å². The minimum Gasteiger partial charge on any atom is -0.493 e. The molecule has 0 heterocycles. The number of methoxy groups -OCH3 is 2. The number of carboxylic acids is 1. The standard InChI is InChI=1S/C12H15NO6/c1-4-19-12(16)13-8-6-10(18-3)9(17-2)5-7(8)11(14)15/h5-6H,4H2,1-3H3,(H,13,16)(H,14,15). The van der Waals surface area contributed by atoms with E-state index in [0.29, 0.717) is 5.75 Å². The number of rotatable bonds is 5. The lowest BCUT2D eigenvalue weighted by atomic mass is 10.1. The van der Waals surface area contributed by atoms with Gasteiger partial charge in [0.05, 0.1) is 32.1 Å². The zero-order valence-corrected chi connectivity index (χ0v) is 10.9. The van der Waals surface area contributed by atoms with Gasteiger partial charge in [-0.15, -0.1) is 0 Å². The molecule has 0 radical (unpaired) electrons. The van der Waals surface area contributed by atoms with Gasteiger partial charge in [0.15, 0.2) is 11.5 Å². The highest BCUT2D eigenvalue weighted by Gasteiger charge is 2.18. The summed E-state index contributed by atoms with van der Waals surface area (Å²) in [7, 11) is 2.80. The van der Waals surface area contributed by atoms with Crippen LogP contribution < -0.4 is 14.8 Å². The molecule has 7 heteroatoms. The second-order valence-corrected chi connectivity index (χ2v) is 3.40. The third-order valence-corrected chi connectivity index (χ3v) is 2.27. The fourth-order valence-corrected chi connectivity index (χ4v) is 1.44. The van der Waals surface area contributed by atoms with Crippen LogP contribution in [0.3, 0.4) is 0 Å². The lowest BCUT2D eigenvalue weighted by Crippen LogP contribution is -2.16. The second-order valence-electron chi connectivity index (χ2n) is 3.40. The lowest BCUT2D eigenvalue weighted by molar-refractivity contribution is 0.0697. The number of carbonyl (C=O) groups excluding carboxylic acids is 1. The van der Waals surface area contributed by atoms with Crippen molar-refractivity contribution in [1.82, 2.24) is 0 Å². The Balaban J connectivity index is 3.19.